The van der Waals surface area contributed by atoms with E-state index in [-0.39, 0.29) is 11.8 Å². The van der Waals surface area contributed by atoms with Gasteiger partial charge in [-0.1, -0.05) is 42.5 Å². The fraction of sp³-hybridized carbons (Fsp3) is 0.133. The summed E-state index contributed by atoms with van der Waals surface area (Å²) in [6.07, 6.45) is 1.82. The second kappa shape index (κ2) is 10.7. The van der Waals surface area contributed by atoms with Gasteiger partial charge in [-0.2, -0.15) is 0 Å². The van der Waals surface area contributed by atoms with Crippen molar-refractivity contribution in [3.63, 3.8) is 0 Å². The highest BCUT2D eigenvalue weighted by Gasteiger charge is 2.25. The molecule has 4 aromatic rings. The van der Waals surface area contributed by atoms with Gasteiger partial charge in [0, 0.05) is 16.1 Å². The maximum absolute atomic E-state index is 13.5. The number of nitrogens with zero attached hydrogens (tertiary/aromatic N) is 1. The molecule has 0 aliphatic carbocycles. The maximum atomic E-state index is 13.5. The van der Waals surface area contributed by atoms with Crippen LogP contribution in [0.1, 0.15) is 21.5 Å². The highest BCUT2D eigenvalue weighted by atomic mass is 32.2. The Kier molecular flexibility index (Phi) is 7.05. The van der Waals surface area contributed by atoms with Crippen LogP contribution in [0.25, 0.3) is 0 Å². The van der Waals surface area contributed by atoms with E-state index in [2.05, 4.69) is 17.4 Å². The maximum Gasteiger partial charge on any atom is 0.255 e. The van der Waals surface area contributed by atoms with Crippen LogP contribution in [-0.4, -0.2) is 24.7 Å². The third-order valence-corrected chi connectivity index (χ3v) is 7.18. The number of thioether (sulfide) groups is 1. The van der Waals surface area contributed by atoms with Crippen molar-refractivity contribution in [1.82, 2.24) is 0 Å². The van der Waals surface area contributed by atoms with Crippen molar-refractivity contribution in [2.24, 2.45) is 0 Å². The summed E-state index contributed by atoms with van der Waals surface area (Å²) >= 11 is 1.49. The predicted octanol–water partition coefficient (Wildman–Crippen LogP) is 6.50. The molecule has 1 aliphatic rings. The van der Waals surface area contributed by atoms with Crippen molar-refractivity contribution in [3.05, 3.63) is 114 Å². The van der Waals surface area contributed by atoms with E-state index in [0.717, 1.165) is 29.1 Å². The van der Waals surface area contributed by atoms with Gasteiger partial charge in [-0.15, -0.1) is 11.8 Å². The van der Waals surface area contributed by atoms with Crippen LogP contribution in [-0.2, 0) is 17.6 Å². The molecule has 0 radical (unpaired) electrons. The first-order valence-corrected chi connectivity index (χ1v) is 12.8. The molecule has 6 heteroatoms. The Morgan fingerprint density at radius 3 is 2.11 bits per heavy atom. The Hall–Kier alpha value is -4.03. The molecule has 0 fully saturated rings. The third kappa shape index (κ3) is 5.14. The van der Waals surface area contributed by atoms with Crippen LogP contribution in [0.2, 0.25) is 0 Å². The standard InChI is InChI=1S/C30H26N2O3S/c1-35-25-10-6-9-23(19-25)30(34)31-24-15-17-26(18-16-24)36-20-29(33)32-27-11-4-2-7-21(27)13-14-22-8-3-5-12-28(22)32/h2-12,15-19H,13-14,20H2,1H3,(H,31,34). The molecular weight excluding hydrogens is 468 g/mol. The number of para-hydroxylation sites is 2. The van der Waals surface area contributed by atoms with Gasteiger partial charge in [-0.25, -0.2) is 0 Å². The first-order valence-electron chi connectivity index (χ1n) is 11.8. The summed E-state index contributed by atoms with van der Waals surface area (Å²) in [5.74, 6) is 0.770. The molecule has 4 aromatic carbocycles. The van der Waals surface area contributed by atoms with Crippen molar-refractivity contribution in [1.29, 1.82) is 0 Å². The first kappa shape index (κ1) is 23.7. The van der Waals surface area contributed by atoms with Crippen LogP contribution < -0.4 is 15.0 Å². The average molecular weight is 495 g/mol. The monoisotopic (exact) mass is 494 g/mol. The first-order chi connectivity index (χ1) is 17.6. The van der Waals surface area contributed by atoms with Gasteiger partial charge in [0.1, 0.15) is 5.75 Å². The number of aryl methyl sites for hydroxylation is 2. The minimum atomic E-state index is -0.206. The number of amides is 2. The summed E-state index contributed by atoms with van der Waals surface area (Å²) in [6.45, 7) is 0. The van der Waals surface area contributed by atoms with Crippen LogP contribution in [0.4, 0.5) is 17.1 Å². The van der Waals surface area contributed by atoms with Crippen LogP contribution in [0.15, 0.2) is 102 Å². The summed E-state index contributed by atoms with van der Waals surface area (Å²) in [7, 11) is 1.57. The average Bonchev–Trinajstić information content (AvgIpc) is 3.09. The Morgan fingerprint density at radius 1 is 0.833 bits per heavy atom. The van der Waals surface area contributed by atoms with Gasteiger partial charge in [-0.05, 0) is 78.6 Å². The molecule has 5 nitrogen and oxygen atoms in total. The molecular formula is C30H26N2O3S. The van der Waals surface area contributed by atoms with Crippen LogP contribution >= 0.6 is 11.8 Å². The van der Waals surface area contributed by atoms with Crippen molar-refractivity contribution >= 4 is 40.6 Å². The number of anilines is 3. The summed E-state index contributed by atoms with van der Waals surface area (Å²) in [5.41, 5.74) is 5.50. The van der Waals surface area contributed by atoms with Crippen LogP contribution in [0.5, 0.6) is 5.75 Å². The number of rotatable bonds is 6. The summed E-state index contributed by atoms with van der Waals surface area (Å²) in [5, 5.41) is 2.90. The highest BCUT2D eigenvalue weighted by Crippen LogP contribution is 2.36. The second-order valence-corrected chi connectivity index (χ2v) is 9.53. The van der Waals surface area contributed by atoms with E-state index in [1.54, 1.807) is 31.4 Å². The number of nitrogens with one attached hydrogen (secondary N) is 1. The molecule has 0 aromatic heterocycles. The van der Waals surface area contributed by atoms with Gasteiger partial charge in [0.05, 0.1) is 24.2 Å². The van der Waals surface area contributed by atoms with Crippen molar-refractivity contribution in [2.45, 2.75) is 17.7 Å². The second-order valence-electron chi connectivity index (χ2n) is 8.49. The smallest absolute Gasteiger partial charge is 0.255 e. The van der Waals surface area contributed by atoms with E-state index in [1.807, 2.05) is 65.6 Å². The van der Waals surface area contributed by atoms with E-state index >= 15 is 0 Å². The predicted molar refractivity (Wildman–Crippen MR) is 146 cm³/mol. The number of benzene rings is 4. The lowest BCUT2D eigenvalue weighted by molar-refractivity contribution is -0.115. The van der Waals surface area contributed by atoms with E-state index < -0.39 is 0 Å². The van der Waals surface area contributed by atoms with Gasteiger partial charge >= 0.3 is 0 Å². The lowest BCUT2D eigenvalue weighted by Crippen LogP contribution is -2.28. The molecule has 5 rings (SSSR count). The molecule has 0 unspecified atom stereocenters. The molecule has 36 heavy (non-hydrogen) atoms. The third-order valence-electron chi connectivity index (χ3n) is 6.18. The number of methoxy groups -OCH3 is 1. The number of carbonyl (C=O) groups is 2. The number of hydrogen-bond donors (Lipinski definition) is 1. The van der Waals surface area contributed by atoms with Gasteiger partial charge < -0.3 is 10.1 Å². The van der Waals surface area contributed by atoms with Gasteiger partial charge in [0.25, 0.3) is 5.91 Å². The number of fused-ring (bicyclic) bond motifs is 2. The summed E-state index contributed by atoms with van der Waals surface area (Å²) < 4.78 is 5.19. The molecule has 0 spiro atoms. The van der Waals surface area contributed by atoms with Crippen LogP contribution in [0.3, 0.4) is 0 Å². The fourth-order valence-electron chi connectivity index (χ4n) is 4.36. The molecule has 0 atom stereocenters. The topological polar surface area (TPSA) is 58.6 Å². The molecule has 1 aliphatic heterocycles. The molecule has 1 heterocycles. The minimum Gasteiger partial charge on any atom is -0.497 e. The normalized spacial score (nSPS) is 12.2. The van der Waals surface area contributed by atoms with Gasteiger partial charge in [0.15, 0.2) is 0 Å². The largest absolute Gasteiger partial charge is 0.497 e. The highest BCUT2D eigenvalue weighted by molar-refractivity contribution is 8.00. The van der Waals surface area contributed by atoms with Crippen molar-refractivity contribution in [3.8, 4) is 5.75 Å². The van der Waals surface area contributed by atoms with Gasteiger partial charge in [-0.3, -0.25) is 14.5 Å². The number of hydrogen-bond acceptors (Lipinski definition) is 4. The molecule has 0 saturated carbocycles. The van der Waals surface area contributed by atoms with E-state index in [9.17, 15) is 9.59 Å². The zero-order valence-corrected chi connectivity index (χ0v) is 20.8. The zero-order chi connectivity index (χ0) is 24.9. The Morgan fingerprint density at radius 2 is 1.47 bits per heavy atom. The van der Waals surface area contributed by atoms with E-state index in [0.29, 0.717) is 22.8 Å². The van der Waals surface area contributed by atoms with E-state index in [4.69, 9.17) is 4.74 Å². The minimum absolute atomic E-state index is 0.0391. The Bertz CT molecular complexity index is 1350. The van der Waals surface area contributed by atoms with Crippen molar-refractivity contribution in [2.75, 3.05) is 23.1 Å². The number of carbonyl (C=O) groups excluding carboxylic acids is 2. The molecule has 2 amide bonds. The van der Waals surface area contributed by atoms with E-state index in [1.165, 1.54) is 22.9 Å². The zero-order valence-electron chi connectivity index (χ0n) is 19.9. The number of ether oxygens (including phenoxy) is 1. The lowest BCUT2D eigenvalue weighted by atomic mass is 10.0. The summed E-state index contributed by atoms with van der Waals surface area (Å²) in [4.78, 5) is 28.9. The summed E-state index contributed by atoms with van der Waals surface area (Å²) in [6, 6.07) is 30.9. The quantitative estimate of drug-likeness (QED) is 0.311. The molecule has 1 N–H and O–H groups in total. The molecule has 0 bridgehead atoms. The SMILES string of the molecule is COc1cccc(C(=O)Nc2ccc(SCC(=O)N3c4ccccc4CCc4ccccc43)cc2)c1. The Balaban J connectivity index is 1.27. The van der Waals surface area contributed by atoms with Crippen molar-refractivity contribution < 1.29 is 14.3 Å². The van der Waals surface area contributed by atoms with Crippen LogP contribution in [0, 0.1) is 0 Å². The lowest BCUT2D eigenvalue weighted by Gasteiger charge is -2.25. The molecule has 0 saturated heterocycles. The molecule has 180 valence electrons. The van der Waals surface area contributed by atoms with Gasteiger partial charge in [0.2, 0.25) is 5.91 Å². The Labute approximate surface area is 215 Å². The fourth-order valence-corrected chi connectivity index (χ4v) is 5.11.